The van der Waals surface area contributed by atoms with E-state index in [2.05, 4.69) is 125 Å². The number of piperidine rings is 4. The van der Waals surface area contributed by atoms with Gasteiger partial charge in [0.25, 0.3) is 0 Å². The van der Waals surface area contributed by atoms with Gasteiger partial charge < -0.3 is 64.6 Å². The molecule has 8 aliphatic rings. The lowest BCUT2D eigenvalue weighted by atomic mass is 9.88. The molecular weight excluding hydrogens is 1120 g/mol. The van der Waals surface area contributed by atoms with Gasteiger partial charge in [-0.1, -0.05) is 96.2 Å². The first kappa shape index (κ1) is 64.0. The van der Waals surface area contributed by atoms with Crippen LogP contribution in [0.4, 0.5) is 32.3 Å². The van der Waals surface area contributed by atoms with E-state index in [0.29, 0.717) is 62.1 Å². The zero-order valence-electron chi connectivity index (χ0n) is 49.2. The van der Waals surface area contributed by atoms with Gasteiger partial charge in [0.1, 0.15) is 29.6 Å². The van der Waals surface area contributed by atoms with Crippen molar-refractivity contribution >= 4 is 68.8 Å². The highest BCUT2D eigenvalue weighted by Gasteiger charge is 2.45. The quantitative estimate of drug-likeness (QED) is 0.0838. The normalized spacial score (nSPS) is 23.5. The number of halogens is 1. The van der Waals surface area contributed by atoms with Crippen LogP contribution in [0.5, 0.6) is 0 Å². The van der Waals surface area contributed by atoms with Crippen LogP contribution in [0.3, 0.4) is 0 Å². The van der Waals surface area contributed by atoms with Gasteiger partial charge >= 0.3 is 30.1 Å². The fraction of sp³-hybridized carbons (Fsp3) is 0.547. The summed E-state index contributed by atoms with van der Waals surface area (Å²) in [5.74, 6) is 1.45. The molecule has 452 valence electrons. The zero-order chi connectivity index (χ0) is 58.7. The molecule has 0 aliphatic carbocycles. The summed E-state index contributed by atoms with van der Waals surface area (Å²) in [6, 6.07) is 35.1. The van der Waals surface area contributed by atoms with Crippen molar-refractivity contribution in [2.75, 3.05) is 113 Å². The van der Waals surface area contributed by atoms with Gasteiger partial charge in [-0.15, -0.1) is 0 Å². The minimum Gasteiger partial charge on any atom is -0.468 e. The number of methoxy groups -OCH3 is 3. The summed E-state index contributed by atoms with van der Waals surface area (Å²) < 4.78 is 24.9. The molecule has 4 N–H and O–H groups in total. The van der Waals surface area contributed by atoms with Gasteiger partial charge in [0.2, 0.25) is 0 Å². The predicted molar refractivity (Wildman–Crippen MR) is 330 cm³/mol. The van der Waals surface area contributed by atoms with Crippen LogP contribution in [0, 0.1) is 0 Å². The van der Waals surface area contributed by atoms with Crippen molar-refractivity contribution < 1.29 is 47.7 Å². The van der Waals surface area contributed by atoms with Gasteiger partial charge in [-0.25, -0.2) is 9.59 Å². The van der Waals surface area contributed by atoms with E-state index in [4.69, 9.17) is 18.9 Å². The van der Waals surface area contributed by atoms with Crippen LogP contribution in [-0.2, 0) is 38.1 Å². The molecule has 2 amide bonds. The topological polar surface area (TPSA) is 193 Å². The summed E-state index contributed by atoms with van der Waals surface area (Å²) in [4.78, 5) is 65.8. The Bertz CT molecular complexity index is 2840. The van der Waals surface area contributed by atoms with Crippen LogP contribution in [0.1, 0.15) is 121 Å². The summed E-state index contributed by atoms with van der Waals surface area (Å²) in [5.41, 5.74) is 9.42. The van der Waals surface area contributed by atoms with Crippen molar-refractivity contribution in [3.05, 3.63) is 119 Å². The van der Waals surface area contributed by atoms with E-state index in [0.717, 1.165) is 63.6 Å². The molecule has 8 heterocycles. The fourth-order valence-electron chi connectivity index (χ4n) is 12.6. The highest BCUT2D eigenvalue weighted by molar-refractivity contribution is 9.09. The molecule has 0 aromatic heterocycles. The third kappa shape index (κ3) is 16.0. The number of esters is 3. The first-order valence-corrected chi connectivity index (χ1v) is 30.0. The third-order valence-corrected chi connectivity index (χ3v) is 16.8. The summed E-state index contributed by atoms with van der Waals surface area (Å²) in [7, 11) is 4.19. The summed E-state index contributed by atoms with van der Waals surface area (Å²) in [6.45, 7) is 18.8. The molecule has 4 aromatic carbocycles. The van der Waals surface area contributed by atoms with Crippen molar-refractivity contribution in [3.63, 3.8) is 0 Å². The number of amides is 2. The smallest absolute Gasteiger partial charge is 0.410 e. The highest BCUT2D eigenvalue weighted by atomic mass is 79.9. The Morgan fingerprint density at radius 1 is 0.506 bits per heavy atom. The molecule has 4 aromatic rings. The molecule has 8 unspecified atom stereocenters. The molecule has 0 radical (unpaired) electrons. The molecule has 8 atom stereocenters. The number of carbonyl (C=O) groups excluding carboxylic acids is 5. The number of anilines is 4. The highest BCUT2D eigenvalue weighted by Crippen LogP contribution is 2.46. The lowest BCUT2D eigenvalue weighted by molar-refractivity contribution is -0.140. The van der Waals surface area contributed by atoms with Crippen LogP contribution in [0.2, 0.25) is 0 Å². The number of hydrogen-bond acceptors (Lipinski definition) is 16. The molecule has 19 heteroatoms. The lowest BCUT2D eigenvalue weighted by Crippen LogP contribution is -2.52. The van der Waals surface area contributed by atoms with E-state index < -0.39 is 11.2 Å². The average Bonchev–Trinajstić information content (AvgIpc) is 3.28. The SMILES string of the molecule is C.CC(C)(C)OC(=O)N1CCC2c3ccccc3NC2C1.COC(=O)CBr.COC(=O)CN1c2ccccc2C2CCN(C(=O)OC(C)(C)C)CC21.COC(=O)CN1c2ccccc2C2CCNCC21.c1ccc2c(c1)NC1CNCCC21. The Hall–Kier alpha value is -6.57. The Balaban J connectivity index is 0.000000156. The summed E-state index contributed by atoms with van der Waals surface area (Å²) in [6.07, 6.45) is 3.77. The maximum absolute atomic E-state index is 12.5. The van der Waals surface area contributed by atoms with Crippen LogP contribution in [0.25, 0.3) is 0 Å². The van der Waals surface area contributed by atoms with E-state index in [9.17, 15) is 24.0 Å². The second-order valence-corrected chi connectivity index (χ2v) is 24.4. The van der Waals surface area contributed by atoms with Crippen LogP contribution < -0.4 is 31.1 Å². The van der Waals surface area contributed by atoms with Crippen LogP contribution in [-0.4, -0.2) is 167 Å². The Labute approximate surface area is 500 Å². The van der Waals surface area contributed by atoms with Crippen LogP contribution in [0.15, 0.2) is 97.1 Å². The monoisotopic (exact) mass is 1210 g/mol. The largest absolute Gasteiger partial charge is 0.468 e. The molecule has 4 saturated heterocycles. The molecule has 0 bridgehead atoms. The van der Waals surface area contributed by atoms with Crippen LogP contribution >= 0.6 is 15.9 Å². The van der Waals surface area contributed by atoms with E-state index in [1.165, 1.54) is 67.1 Å². The number of carbonyl (C=O) groups is 5. The molecule has 12 rings (SSSR count). The van der Waals surface area contributed by atoms with Gasteiger partial charge in [-0.2, -0.15) is 0 Å². The standard InChI is InChI=1S/C19H26N2O4.C16H22N2O2.C14H18N2O2.C11H14N2.C3H5BrO2.CH4/c1-19(2,3)25-18(23)20-10-9-14-13-7-5-6-8-15(13)21(16(14)11-20)12-17(22)24-4;1-16(2,3)20-15(19)18-9-8-12-11-6-4-5-7-13(11)17-14(12)10-18;1-18-14(17)9-16-12-5-3-2-4-10(12)11-6-7-15-8-13(11)16;1-2-4-10-8(3-1)9-5-6-12-7-11(9)13-10;1-6-3(5)2-4;/h5-8,14,16H,9-12H2,1-4H3;4-7,12,14,17H,8-10H2,1-3H3;2-5,11,13,15H,6-9H2,1H3;1-4,9,11-13H,5-7H2;2H2,1H3;1H4. The molecule has 4 fully saturated rings. The number of hydrogen-bond donors (Lipinski definition) is 4. The van der Waals surface area contributed by atoms with E-state index in [1.807, 2.05) is 70.7 Å². The second-order valence-electron chi connectivity index (χ2n) is 23.9. The van der Waals surface area contributed by atoms with Gasteiger partial charge in [0.15, 0.2) is 0 Å². The van der Waals surface area contributed by atoms with E-state index >= 15 is 0 Å². The number of para-hydroxylation sites is 4. The van der Waals surface area contributed by atoms with Gasteiger partial charge in [0, 0.05) is 97.8 Å². The molecule has 18 nitrogen and oxygen atoms in total. The van der Waals surface area contributed by atoms with Crippen molar-refractivity contribution in [1.29, 1.82) is 0 Å². The van der Waals surface area contributed by atoms with Crippen molar-refractivity contribution in [3.8, 4) is 0 Å². The third-order valence-electron chi connectivity index (χ3n) is 16.3. The van der Waals surface area contributed by atoms with E-state index in [-0.39, 0.29) is 55.4 Å². The predicted octanol–water partition coefficient (Wildman–Crippen LogP) is 9.85. The van der Waals surface area contributed by atoms with Crippen molar-refractivity contribution in [2.24, 2.45) is 0 Å². The van der Waals surface area contributed by atoms with E-state index in [1.54, 1.807) is 4.90 Å². The first-order valence-electron chi connectivity index (χ1n) is 28.9. The molecule has 83 heavy (non-hydrogen) atoms. The number of nitrogens with one attached hydrogen (secondary N) is 4. The van der Waals surface area contributed by atoms with Crippen molar-refractivity contribution in [1.82, 2.24) is 20.4 Å². The minimum absolute atomic E-state index is 0. The van der Waals surface area contributed by atoms with Gasteiger partial charge in [-0.3, -0.25) is 14.4 Å². The van der Waals surface area contributed by atoms with Crippen molar-refractivity contribution in [2.45, 2.75) is 134 Å². The minimum atomic E-state index is -0.516. The molecule has 0 spiro atoms. The second kappa shape index (κ2) is 28.8. The Morgan fingerprint density at radius 3 is 1.41 bits per heavy atom. The summed E-state index contributed by atoms with van der Waals surface area (Å²) in [5, 5.41) is 14.2. The molecular formula is C64H89BrN8O10. The molecule has 8 aliphatic heterocycles. The number of alkyl halides is 1. The average molecular weight is 1210 g/mol. The number of ether oxygens (including phenoxy) is 5. The maximum Gasteiger partial charge on any atom is 0.410 e. The lowest BCUT2D eigenvalue weighted by Gasteiger charge is -2.39. The Morgan fingerprint density at radius 2 is 0.916 bits per heavy atom. The van der Waals surface area contributed by atoms with Gasteiger partial charge in [0.05, 0.1) is 33.4 Å². The fourth-order valence-corrected chi connectivity index (χ4v) is 12.9. The molecule has 0 saturated carbocycles. The maximum atomic E-state index is 12.5. The summed E-state index contributed by atoms with van der Waals surface area (Å²) >= 11 is 2.90. The number of benzene rings is 4. The number of rotatable bonds is 5. The number of likely N-dealkylation sites (tertiary alicyclic amines) is 2. The first-order chi connectivity index (χ1) is 39.3. The number of fused-ring (bicyclic) bond motifs is 12. The van der Waals surface area contributed by atoms with Gasteiger partial charge in [-0.05, 0) is 127 Å². The number of nitrogens with zero attached hydrogens (tertiary/aromatic N) is 4. The zero-order valence-corrected chi connectivity index (χ0v) is 50.8. The Kier molecular flexibility index (Phi) is 22.2.